The Morgan fingerprint density at radius 1 is 1.25 bits per heavy atom. The van der Waals surface area contributed by atoms with Crippen LogP contribution in [0.2, 0.25) is 0 Å². The Bertz CT molecular complexity index is 948. The van der Waals surface area contributed by atoms with Gasteiger partial charge in [0.2, 0.25) is 10.0 Å². The first kappa shape index (κ1) is 20.5. The molecule has 1 heterocycles. The van der Waals surface area contributed by atoms with Gasteiger partial charge in [-0.2, -0.15) is 9.40 Å². The Balaban J connectivity index is 1.87. The maximum Gasteiger partial charge on any atom is 0.256 e. The first-order chi connectivity index (χ1) is 13.4. The van der Waals surface area contributed by atoms with E-state index >= 15 is 0 Å². The topological polar surface area (TPSA) is 84.3 Å². The summed E-state index contributed by atoms with van der Waals surface area (Å²) in [7, 11) is -4.01. The molecule has 1 aromatic heterocycles. The number of hydrogen-bond acceptors (Lipinski definition) is 4. The smallest absolute Gasteiger partial charge is 0.256 e. The van der Waals surface area contributed by atoms with Gasteiger partial charge in [-0.1, -0.05) is 26.7 Å². The van der Waals surface area contributed by atoms with Gasteiger partial charge in [-0.3, -0.25) is 4.79 Å². The van der Waals surface area contributed by atoms with Crippen LogP contribution in [0.1, 0.15) is 55.9 Å². The molecule has 0 unspecified atom stereocenters. The molecule has 0 bridgehead atoms. The van der Waals surface area contributed by atoms with Crippen molar-refractivity contribution >= 4 is 21.7 Å². The summed E-state index contributed by atoms with van der Waals surface area (Å²) >= 11 is 0. The number of anilines is 1. The molecule has 0 radical (unpaired) electrons. The molecule has 9 heteroatoms. The molecule has 3 rings (SSSR count). The molecule has 0 aliphatic heterocycles. The third kappa shape index (κ3) is 3.95. The molecule has 0 spiro atoms. The number of sulfonamides is 1. The Labute approximate surface area is 164 Å². The zero-order valence-corrected chi connectivity index (χ0v) is 16.9. The standard InChI is InChI=1S/C19H25FN4O3S/c1-3-23(4-2)28(26,27)17-13-14(9-10-16(17)20)19(25)22-18-11-12-21-24(18)15-7-5-6-8-15/h9-13,15H,3-8H2,1-2H3,(H,22,25). The lowest BCUT2D eigenvalue weighted by Crippen LogP contribution is -2.31. The van der Waals surface area contributed by atoms with Gasteiger partial charge in [0, 0.05) is 24.7 Å². The molecule has 28 heavy (non-hydrogen) atoms. The number of amides is 1. The van der Waals surface area contributed by atoms with Gasteiger partial charge in [0.25, 0.3) is 5.91 Å². The summed E-state index contributed by atoms with van der Waals surface area (Å²) in [5, 5.41) is 7.07. The second-order valence-electron chi connectivity index (χ2n) is 6.79. The summed E-state index contributed by atoms with van der Waals surface area (Å²) in [5.74, 6) is -0.829. The first-order valence-corrected chi connectivity index (χ1v) is 11.0. The van der Waals surface area contributed by atoms with Crippen LogP contribution in [0.4, 0.5) is 10.2 Å². The van der Waals surface area contributed by atoms with Gasteiger partial charge in [-0.05, 0) is 31.0 Å². The lowest BCUT2D eigenvalue weighted by atomic mass is 10.2. The third-order valence-electron chi connectivity index (χ3n) is 5.10. The monoisotopic (exact) mass is 408 g/mol. The van der Waals surface area contributed by atoms with E-state index in [4.69, 9.17) is 0 Å². The second-order valence-corrected chi connectivity index (χ2v) is 8.69. The Hall–Kier alpha value is -2.26. The molecule has 1 saturated carbocycles. The maximum atomic E-state index is 14.3. The molecule has 2 aromatic rings. The zero-order chi connectivity index (χ0) is 20.3. The molecule has 0 saturated heterocycles. The van der Waals surface area contributed by atoms with Crippen LogP contribution in [0.3, 0.4) is 0 Å². The third-order valence-corrected chi connectivity index (χ3v) is 7.16. The van der Waals surface area contributed by atoms with Crippen LogP contribution in [0.5, 0.6) is 0 Å². The number of nitrogens with one attached hydrogen (secondary N) is 1. The number of carbonyl (C=O) groups excluding carboxylic acids is 1. The van der Waals surface area contributed by atoms with Crippen molar-refractivity contribution in [1.29, 1.82) is 0 Å². The van der Waals surface area contributed by atoms with Crippen LogP contribution in [0.15, 0.2) is 35.4 Å². The van der Waals surface area contributed by atoms with Gasteiger partial charge >= 0.3 is 0 Å². The van der Waals surface area contributed by atoms with Crippen LogP contribution < -0.4 is 5.32 Å². The molecule has 7 nitrogen and oxygen atoms in total. The van der Waals surface area contributed by atoms with Crippen molar-refractivity contribution in [2.75, 3.05) is 18.4 Å². The van der Waals surface area contributed by atoms with E-state index in [-0.39, 0.29) is 24.7 Å². The molecule has 1 aliphatic carbocycles. The first-order valence-electron chi connectivity index (χ1n) is 9.53. The minimum absolute atomic E-state index is 0.0753. The fourth-order valence-electron chi connectivity index (χ4n) is 3.59. The van der Waals surface area contributed by atoms with Crippen molar-refractivity contribution < 1.29 is 17.6 Å². The van der Waals surface area contributed by atoms with Crippen molar-refractivity contribution in [3.05, 3.63) is 41.8 Å². The minimum atomic E-state index is -4.01. The average molecular weight is 408 g/mol. The van der Waals surface area contributed by atoms with Crippen molar-refractivity contribution in [2.24, 2.45) is 0 Å². The van der Waals surface area contributed by atoms with E-state index in [0.717, 1.165) is 42.1 Å². The summed E-state index contributed by atoms with van der Waals surface area (Å²) in [6.45, 7) is 3.80. The van der Waals surface area contributed by atoms with Crippen LogP contribution in [-0.2, 0) is 10.0 Å². The number of rotatable bonds is 7. The molecule has 1 aromatic carbocycles. The average Bonchev–Trinajstić information content (AvgIpc) is 3.34. The number of carbonyl (C=O) groups is 1. The fraction of sp³-hybridized carbons (Fsp3) is 0.474. The van der Waals surface area contributed by atoms with Gasteiger partial charge in [-0.25, -0.2) is 17.5 Å². The quantitative estimate of drug-likeness (QED) is 0.761. The number of halogens is 1. The van der Waals surface area contributed by atoms with E-state index < -0.39 is 26.6 Å². The van der Waals surface area contributed by atoms with Crippen LogP contribution >= 0.6 is 0 Å². The lowest BCUT2D eigenvalue weighted by molar-refractivity contribution is 0.102. The predicted molar refractivity (Wildman–Crippen MR) is 104 cm³/mol. The van der Waals surface area contributed by atoms with E-state index in [1.807, 2.05) is 0 Å². The number of aromatic nitrogens is 2. The summed E-state index contributed by atoms with van der Waals surface area (Å²) in [5.41, 5.74) is 0.0753. The maximum absolute atomic E-state index is 14.3. The zero-order valence-electron chi connectivity index (χ0n) is 16.1. The van der Waals surface area contributed by atoms with Crippen LogP contribution in [-0.4, -0.2) is 41.5 Å². The van der Waals surface area contributed by atoms with Crippen molar-refractivity contribution in [1.82, 2.24) is 14.1 Å². The molecular formula is C19H25FN4O3S. The van der Waals surface area contributed by atoms with E-state index in [9.17, 15) is 17.6 Å². The summed E-state index contributed by atoms with van der Waals surface area (Å²) < 4.78 is 42.6. The highest BCUT2D eigenvalue weighted by Gasteiger charge is 2.27. The molecule has 1 amide bonds. The van der Waals surface area contributed by atoms with Crippen LogP contribution in [0.25, 0.3) is 0 Å². The highest BCUT2D eigenvalue weighted by molar-refractivity contribution is 7.89. The van der Waals surface area contributed by atoms with Gasteiger partial charge in [0.15, 0.2) is 0 Å². The fourth-order valence-corrected chi connectivity index (χ4v) is 5.13. The molecule has 0 atom stereocenters. The number of hydrogen-bond donors (Lipinski definition) is 1. The minimum Gasteiger partial charge on any atom is -0.307 e. The molecule has 1 aliphatic rings. The van der Waals surface area contributed by atoms with Gasteiger partial charge in [0.1, 0.15) is 16.5 Å². The summed E-state index contributed by atoms with van der Waals surface area (Å²) in [6, 6.07) is 5.33. The Morgan fingerprint density at radius 3 is 2.57 bits per heavy atom. The molecule has 1 N–H and O–H groups in total. The predicted octanol–water partition coefficient (Wildman–Crippen LogP) is 3.42. The highest BCUT2D eigenvalue weighted by Crippen LogP contribution is 2.31. The Kier molecular flexibility index (Phi) is 6.14. The normalized spacial score (nSPS) is 15.3. The van der Waals surface area contributed by atoms with E-state index in [0.29, 0.717) is 5.82 Å². The van der Waals surface area contributed by atoms with E-state index in [1.165, 1.54) is 6.07 Å². The van der Waals surface area contributed by atoms with Crippen molar-refractivity contribution in [2.45, 2.75) is 50.5 Å². The van der Waals surface area contributed by atoms with Crippen molar-refractivity contribution in [3.63, 3.8) is 0 Å². The summed E-state index contributed by atoms with van der Waals surface area (Å²) in [4.78, 5) is 12.2. The van der Waals surface area contributed by atoms with Gasteiger partial charge in [-0.15, -0.1) is 0 Å². The van der Waals surface area contributed by atoms with Gasteiger partial charge in [0.05, 0.1) is 12.2 Å². The van der Waals surface area contributed by atoms with Gasteiger partial charge < -0.3 is 5.32 Å². The Morgan fingerprint density at radius 2 is 1.93 bits per heavy atom. The largest absolute Gasteiger partial charge is 0.307 e. The number of nitrogens with zero attached hydrogens (tertiary/aromatic N) is 3. The highest BCUT2D eigenvalue weighted by atomic mass is 32.2. The second kappa shape index (κ2) is 8.40. The van der Waals surface area contributed by atoms with E-state index in [2.05, 4.69) is 10.4 Å². The lowest BCUT2D eigenvalue weighted by Gasteiger charge is -2.19. The SMILES string of the molecule is CCN(CC)S(=O)(=O)c1cc(C(=O)Nc2ccnn2C2CCCC2)ccc1F. The number of benzene rings is 1. The van der Waals surface area contributed by atoms with Crippen LogP contribution in [0, 0.1) is 5.82 Å². The molecule has 1 fully saturated rings. The molecular weight excluding hydrogens is 383 g/mol. The molecule has 152 valence electrons. The summed E-state index contributed by atoms with van der Waals surface area (Å²) in [6.07, 6.45) is 5.89. The van der Waals surface area contributed by atoms with E-state index in [1.54, 1.807) is 30.8 Å². The van der Waals surface area contributed by atoms with Crippen molar-refractivity contribution in [3.8, 4) is 0 Å².